The molecule has 0 atom stereocenters. The van der Waals surface area contributed by atoms with Crippen LogP contribution >= 0.6 is 0 Å². The van der Waals surface area contributed by atoms with E-state index in [4.69, 9.17) is 0 Å². The first kappa shape index (κ1) is 20.6. The number of hydrogen-bond acceptors (Lipinski definition) is 3. The van der Waals surface area contributed by atoms with Gasteiger partial charge >= 0.3 is 0 Å². The second-order valence-electron chi connectivity index (χ2n) is 7.87. The number of amides is 2. The van der Waals surface area contributed by atoms with E-state index in [0.717, 1.165) is 22.3 Å². The third kappa shape index (κ3) is 4.02. The van der Waals surface area contributed by atoms with E-state index in [9.17, 15) is 9.59 Å². The number of rotatable bonds is 6. The molecule has 0 unspecified atom stereocenters. The van der Waals surface area contributed by atoms with Crippen LogP contribution < -0.4 is 4.90 Å². The minimum absolute atomic E-state index is 0.276. The lowest BCUT2D eigenvalue weighted by atomic mass is 10.0. The van der Waals surface area contributed by atoms with E-state index < -0.39 is 0 Å². The van der Waals surface area contributed by atoms with Gasteiger partial charge in [-0.15, -0.1) is 0 Å². The Morgan fingerprint density at radius 2 is 1.32 bits per heavy atom. The van der Waals surface area contributed by atoms with Gasteiger partial charge in [-0.25, -0.2) is 4.90 Å². The molecule has 1 aliphatic rings. The van der Waals surface area contributed by atoms with Gasteiger partial charge < -0.3 is 4.90 Å². The number of benzene rings is 3. The fourth-order valence-corrected chi connectivity index (χ4v) is 3.87. The highest BCUT2D eigenvalue weighted by atomic mass is 16.2. The number of carbonyl (C=O) groups is 2. The van der Waals surface area contributed by atoms with Crippen molar-refractivity contribution in [3.63, 3.8) is 0 Å². The molecule has 0 N–H and O–H groups in total. The molecule has 0 radical (unpaired) electrons. The number of hydrogen-bond donors (Lipinski definition) is 0. The van der Waals surface area contributed by atoms with Gasteiger partial charge in [0.15, 0.2) is 0 Å². The smallest absolute Gasteiger partial charge is 0.282 e. The maximum Gasteiger partial charge on any atom is 0.282 e. The molecule has 0 saturated carbocycles. The zero-order valence-electron chi connectivity index (χ0n) is 18.1. The molecular formula is C27H26N2O2. The van der Waals surface area contributed by atoms with Gasteiger partial charge in [0.1, 0.15) is 5.70 Å². The lowest BCUT2D eigenvalue weighted by Gasteiger charge is -2.25. The molecule has 2 amide bonds. The SMILES string of the molecule is CCN(Cc1ccccc1)C1=C(c2ccc(C)cc2)C(=O)N(c2ccc(C)cc2)C1=O. The second kappa shape index (κ2) is 8.60. The van der Waals surface area contributed by atoms with Crippen LogP contribution in [0.25, 0.3) is 5.57 Å². The third-order valence-electron chi connectivity index (χ3n) is 5.61. The number of nitrogens with zero attached hydrogens (tertiary/aromatic N) is 2. The summed E-state index contributed by atoms with van der Waals surface area (Å²) in [6.45, 7) is 7.17. The molecule has 1 heterocycles. The standard InChI is InChI=1S/C27H26N2O2/c1-4-28(18-21-8-6-5-7-9-21)25-24(22-14-10-19(2)11-15-22)26(30)29(27(25)31)23-16-12-20(3)13-17-23/h5-17H,4,18H2,1-3H3. The summed E-state index contributed by atoms with van der Waals surface area (Å²) in [6.07, 6.45) is 0. The lowest BCUT2D eigenvalue weighted by molar-refractivity contribution is -0.120. The highest BCUT2D eigenvalue weighted by Crippen LogP contribution is 2.35. The monoisotopic (exact) mass is 410 g/mol. The highest BCUT2D eigenvalue weighted by Gasteiger charge is 2.42. The third-order valence-corrected chi connectivity index (χ3v) is 5.61. The Kier molecular flexibility index (Phi) is 5.72. The molecule has 0 aliphatic carbocycles. The van der Waals surface area contributed by atoms with Crippen molar-refractivity contribution in [2.24, 2.45) is 0 Å². The molecule has 0 aromatic heterocycles. The zero-order valence-corrected chi connectivity index (χ0v) is 18.1. The normalized spacial score (nSPS) is 13.8. The van der Waals surface area contributed by atoms with Crippen LogP contribution in [0, 0.1) is 13.8 Å². The minimum atomic E-state index is -0.279. The maximum absolute atomic E-state index is 13.6. The fraction of sp³-hybridized carbons (Fsp3) is 0.185. The zero-order chi connectivity index (χ0) is 22.0. The average Bonchev–Trinajstić information content (AvgIpc) is 3.04. The highest BCUT2D eigenvalue weighted by molar-refractivity contribution is 6.45. The van der Waals surface area contributed by atoms with Gasteiger partial charge in [0.2, 0.25) is 0 Å². The van der Waals surface area contributed by atoms with Gasteiger partial charge in [-0.1, -0.05) is 77.9 Å². The number of likely N-dealkylation sites (N-methyl/N-ethyl adjacent to an activating group) is 1. The van der Waals surface area contributed by atoms with E-state index in [-0.39, 0.29) is 11.8 Å². The lowest BCUT2D eigenvalue weighted by Crippen LogP contribution is -2.35. The fourth-order valence-electron chi connectivity index (χ4n) is 3.87. The van der Waals surface area contributed by atoms with Gasteiger partial charge in [0.25, 0.3) is 11.8 Å². The van der Waals surface area contributed by atoms with Gasteiger partial charge in [0, 0.05) is 13.1 Å². The van der Waals surface area contributed by atoms with Crippen LogP contribution in [0.15, 0.2) is 84.6 Å². The Bertz CT molecular complexity index is 1130. The van der Waals surface area contributed by atoms with Gasteiger partial charge in [-0.3, -0.25) is 9.59 Å². The number of aryl methyl sites for hydroxylation is 2. The summed E-state index contributed by atoms with van der Waals surface area (Å²) in [5.74, 6) is -0.554. The molecule has 4 nitrogen and oxygen atoms in total. The Balaban J connectivity index is 1.82. The minimum Gasteiger partial charge on any atom is -0.362 e. The topological polar surface area (TPSA) is 40.6 Å². The molecule has 4 heteroatoms. The Morgan fingerprint density at radius 1 is 0.742 bits per heavy atom. The molecule has 0 spiro atoms. The largest absolute Gasteiger partial charge is 0.362 e. The molecule has 3 aromatic carbocycles. The molecular weight excluding hydrogens is 384 g/mol. The van der Waals surface area contributed by atoms with Crippen LogP contribution in [0.1, 0.15) is 29.2 Å². The second-order valence-corrected chi connectivity index (χ2v) is 7.87. The van der Waals surface area contributed by atoms with Crippen LogP contribution in [0.3, 0.4) is 0 Å². The molecule has 1 aliphatic heterocycles. The molecule has 156 valence electrons. The van der Waals surface area contributed by atoms with E-state index in [2.05, 4.69) is 0 Å². The summed E-state index contributed by atoms with van der Waals surface area (Å²) in [5, 5.41) is 0. The first-order valence-corrected chi connectivity index (χ1v) is 10.5. The predicted octanol–water partition coefficient (Wildman–Crippen LogP) is 5.11. The molecule has 4 rings (SSSR count). The van der Waals surface area contributed by atoms with Crippen molar-refractivity contribution < 1.29 is 9.59 Å². The average molecular weight is 411 g/mol. The summed E-state index contributed by atoms with van der Waals surface area (Å²) < 4.78 is 0. The molecule has 0 fully saturated rings. The number of carbonyl (C=O) groups excluding carboxylic acids is 2. The van der Waals surface area contributed by atoms with Crippen molar-refractivity contribution in [2.45, 2.75) is 27.3 Å². The van der Waals surface area contributed by atoms with Gasteiger partial charge in [0.05, 0.1) is 11.3 Å². The summed E-state index contributed by atoms with van der Waals surface area (Å²) in [7, 11) is 0. The Hall–Kier alpha value is -3.66. The maximum atomic E-state index is 13.6. The summed E-state index contributed by atoms with van der Waals surface area (Å²) in [6, 6.07) is 25.3. The van der Waals surface area contributed by atoms with Gasteiger partial charge in [-0.2, -0.15) is 0 Å². The first-order valence-electron chi connectivity index (χ1n) is 10.5. The first-order chi connectivity index (χ1) is 15.0. The van der Waals surface area contributed by atoms with E-state index >= 15 is 0 Å². The summed E-state index contributed by atoms with van der Waals surface area (Å²) in [5.41, 5.74) is 5.55. The molecule has 3 aromatic rings. The van der Waals surface area contributed by atoms with Crippen molar-refractivity contribution in [3.8, 4) is 0 Å². The molecule has 0 bridgehead atoms. The van der Waals surface area contributed by atoms with Crippen molar-refractivity contribution in [3.05, 3.63) is 107 Å². The Morgan fingerprint density at radius 3 is 1.90 bits per heavy atom. The van der Waals surface area contributed by atoms with Crippen LogP contribution in [0.4, 0.5) is 5.69 Å². The van der Waals surface area contributed by atoms with E-state index in [0.29, 0.717) is 30.0 Å². The molecule has 31 heavy (non-hydrogen) atoms. The van der Waals surface area contributed by atoms with Crippen molar-refractivity contribution in [1.29, 1.82) is 0 Å². The van der Waals surface area contributed by atoms with Crippen LogP contribution in [0.2, 0.25) is 0 Å². The van der Waals surface area contributed by atoms with E-state index in [1.807, 2.05) is 105 Å². The van der Waals surface area contributed by atoms with Crippen molar-refractivity contribution in [2.75, 3.05) is 11.4 Å². The summed E-state index contributed by atoms with van der Waals surface area (Å²) >= 11 is 0. The van der Waals surface area contributed by atoms with Crippen LogP contribution in [-0.2, 0) is 16.1 Å². The quantitative estimate of drug-likeness (QED) is 0.530. The summed E-state index contributed by atoms with van der Waals surface area (Å²) in [4.78, 5) is 30.5. The molecule has 0 saturated heterocycles. The van der Waals surface area contributed by atoms with Gasteiger partial charge in [-0.05, 0) is 44.0 Å². The van der Waals surface area contributed by atoms with E-state index in [1.165, 1.54) is 4.90 Å². The number of imide groups is 1. The van der Waals surface area contributed by atoms with Crippen molar-refractivity contribution in [1.82, 2.24) is 4.90 Å². The predicted molar refractivity (Wildman–Crippen MR) is 124 cm³/mol. The van der Waals surface area contributed by atoms with E-state index in [1.54, 1.807) is 0 Å². The van der Waals surface area contributed by atoms with Crippen LogP contribution in [0.5, 0.6) is 0 Å². The Labute approximate surface area is 183 Å². The van der Waals surface area contributed by atoms with Crippen molar-refractivity contribution >= 4 is 23.1 Å². The van der Waals surface area contributed by atoms with Crippen LogP contribution in [-0.4, -0.2) is 23.3 Å². The number of anilines is 1.